The number of sulfonamides is 1. The Morgan fingerprint density at radius 1 is 1.00 bits per heavy atom. The molecule has 14 heteroatoms. The zero-order valence-corrected chi connectivity index (χ0v) is 20.1. The van der Waals surface area contributed by atoms with Gasteiger partial charge >= 0.3 is 6.18 Å². The van der Waals surface area contributed by atoms with Crippen molar-refractivity contribution < 1.29 is 36.7 Å². The third-order valence-electron chi connectivity index (χ3n) is 5.83. The van der Waals surface area contributed by atoms with Gasteiger partial charge in [0.1, 0.15) is 4.90 Å². The van der Waals surface area contributed by atoms with Gasteiger partial charge in [-0.2, -0.15) is 17.5 Å². The molecule has 1 aliphatic rings. The summed E-state index contributed by atoms with van der Waals surface area (Å²) in [5.41, 5.74) is -2.36. The second-order valence-electron chi connectivity index (χ2n) is 8.20. The lowest BCUT2D eigenvalue weighted by molar-refractivity contribution is -0.385. The summed E-state index contributed by atoms with van der Waals surface area (Å²) in [4.78, 5) is 12.3. The SMILES string of the molecule is O=[N+]([O-])c1cc(C(F)(F)F)c(N(CCO)CCO)c(S(=O)(=O)N2CCN(Cc3ccccc3)CC2)c1. The number of benzene rings is 2. The van der Waals surface area contributed by atoms with Crippen molar-refractivity contribution in [1.82, 2.24) is 9.21 Å². The number of rotatable bonds is 10. The molecule has 0 amide bonds. The number of aliphatic hydroxyl groups excluding tert-OH is 2. The van der Waals surface area contributed by atoms with E-state index in [-0.39, 0.29) is 19.2 Å². The van der Waals surface area contributed by atoms with Gasteiger partial charge < -0.3 is 15.1 Å². The van der Waals surface area contributed by atoms with Crippen LogP contribution in [0.25, 0.3) is 0 Å². The largest absolute Gasteiger partial charge is 0.418 e. The fraction of sp³-hybridized carbons (Fsp3) is 0.455. The van der Waals surface area contributed by atoms with Crippen LogP contribution in [0.15, 0.2) is 47.4 Å². The highest BCUT2D eigenvalue weighted by atomic mass is 32.2. The van der Waals surface area contributed by atoms with Crippen LogP contribution in [0, 0.1) is 10.1 Å². The number of nitrogens with zero attached hydrogens (tertiary/aromatic N) is 4. The first-order valence-corrected chi connectivity index (χ1v) is 12.6. The van der Waals surface area contributed by atoms with Gasteiger partial charge in [0.2, 0.25) is 10.0 Å². The Balaban J connectivity index is 2.03. The Labute approximate surface area is 206 Å². The number of non-ortho nitro benzene ring substituents is 1. The molecule has 0 saturated carbocycles. The fourth-order valence-electron chi connectivity index (χ4n) is 4.12. The van der Waals surface area contributed by atoms with Crippen LogP contribution < -0.4 is 4.90 Å². The molecule has 10 nitrogen and oxygen atoms in total. The predicted octanol–water partition coefficient (Wildman–Crippen LogP) is 1.91. The summed E-state index contributed by atoms with van der Waals surface area (Å²) >= 11 is 0. The third kappa shape index (κ3) is 6.31. The van der Waals surface area contributed by atoms with Gasteiger partial charge in [0.25, 0.3) is 5.69 Å². The second-order valence-corrected chi connectivity index (χ2v) is 10.1. The van der Waals surface area contributed by atoms with Crippen molar-refractivity contribution in [1.29, 1.82) is 0 Å². The smallest absolute Gasteiger partial charge is 0.395 e. The maximum Gasteiger partial charge on any atom is 0.418 e. The van der Waals surface area contributed by atoms with Gasteiger partial charge in [0.05, 0.1) is 29.4 Å². The summed E-state index contributed by atoms with van der Waals surface area (Å²) < 4.78 is 70.3. The first-order valence-electron chi connectivity index (χ1n) is 11.1. The maximum absolute atomic E-state index is 14.0. The molecular weight excluding hydrogens is 505 g/mol. The summed E-state index contributed by atoms with van der Waals surface area (Å²) in [5, 5.41) is 30.2. The minimum Gasteiger partial charge on any atom is -0.395 e. The molecule has 0 radical (unpaired) electrons. The predicted molar refractivity (Wildman–Crippen MR) is 125 cm³/mol. The van der Waals surface area contributed by atoms with E-state index in [1.165, 1.54) is 0 Å². The molecule has 0 unspecified atom stereocenters. The highest BCUT2D eigenvalue weighted by Gasteiger charge is 2.42. The van der Waals surface area contributed by atoms with Crippen molar-refractivity contribution in [2.45, 2.75) is 17.6 Å². The normalized spacial score (nSPS) is 15.7. The van der Waals surface area contributed by atoms with Crippen molar-refractivity contribution >= 4 is 21.4 Å². The van der Waals surface area contributed by atoms with Crippen LogP contribution in [0.5, 0.6) is 0 Å². The maximum atomic E-state index is 14.0. The molecule has 198 valence electrons. The van der Waals surface area contributed by atoms with Crippen LogP contribution in [-0.2, 0) is 22.7 Å². The van der Waals surface area contributed by atoms with Gasteiger partial charge in [-0.25, -0.2) is 8.42 Å². The molecule has 1 saturated heterocycles. The van der Waals surface area contributed by atoms with Crippen molar-refractivity contribution in [3.63, 3.8) is 0 Å². The number of halogens is 3. The number of piperazine rings is 1. The number of alkyl halides is 3. The third-order valence-corrected chi connectivity index (χ3v) is 7.74. The topological polar surface area (TPSA) is 127 Å². The van der Waals surface area contributed by atoms with Crippen molar-refractivity contribution in [2.24, 2.45) is 0 Å². The zero-order chi connectivity index (χ0) is 26.5. The Kier molecular flexibility index (Phi) is 8.89. The molecule has 0 aliphatic carbocycles. The van der Waals surface area contributed by atoms with Crippen molar-refractivity contribution in [3.8, 4) is 0 Å². The standard InChI is InChI=1S/C22H27F3N4O6S/c23-22(24,25)19-14-18(29(32)33)15-20(21(19)27(10-12-30)11-13-31)36(34,35)28-8-6-26(7-9-28)16-17-4-2-1-3-5-17/h1-5,14-15,30-31H,6-13,16H2. The number of hydrogen-bond acceptors (Lipinski definition) is 8. The fourth-order valence-corrected chi connectivity index (χ4v) is 5.80. The van der Waals surface area contributed by atoms with Crippen LogP contribution in [0.4, 0.5) is 24.5 Å². The Hall–Kier alpha value is -2.78. The monoisotopic (exact) mass is 532 g/mol. The Bertz CT molecular complexity index is 1150. The highest BCUT2D eigenvalue weighted by Crippen LogP contribution is 2.43. The summed E-state index contributed by atoms with van der Waals surface area (Å²) in [7, 11) is -4.61. The van der Waals surface area contributed by atoms with E-state index in [0.29, 0.717) is 25.7 Å². The molecule has 36 heavy (non-hydrogen) atoms. The molecule has 0 atom stereocenters. The second kappa shape index (κ2) is 11.5. The molecule has 2 aromatic carbocycles. The first kappa shape index (κ1) is 27.8. The lowest BCUT2D eigenvalue weighted by atomic mass is 10.1. The van der Waals surface area contributed by atoms with Gasteiger partial charge in [-0.1, -0.05) is 30.3 Å². The minimum absolute atomic E-state index is 0.0291. The van der Waals surface area contributed by atoms with Gasteiger partial charge in [-0.3, -0.25) is 15.0 Å². The lowest BCUT2D eigenvalue weighted by Gasteiger charge is -2.35. The molecule has 3 rings (SSSR count). The molecule has 1 aliphatic heterocycles. The van der Waals surface area contributed by atoms with E-state index < -0.39 is 69.3 Å². The number of hydrogen-bond donors (Lipinski definition) is 2. The van der Waals surface area contributed by atoms with Gasteiger partial charge in [0.15, 0.2) is 0 Å². The van der Waals surface area contributed by atoms with E-state index in [1.54, 1.807) is 0 Å². The van der Waals surface area contributed by atoms with E-state index in [2.05, 4.69) is 0 Å². The quantitative estimate of drug-likeness (QED) is 0.351. The van der Waals surface area contributed by atoms with Crippen LogP contribution in [0.2, 0.25) is 0 Å². The number of nitro groups is 1. The molecule has 0 bridgehead atoms. The Morgan fingerprint density at radius 2 is 1.58 bits per heavy atom. The summed E-state index contributed by atoms with van der Waals surface area (Å²) in [6, 6.07) is 10.4. The van der Waals surface area contributed by atoms with Gasteiger partial charge in [0, 0.05) is 57.9 Å². The summed E-state index contributed by atoms with van der Waals surface area (Å²) in [6.07, 6.45) is -5.14. The minimum atomic E-state index is -5.14. The first-order chi connectivity index (χ1) is 17.0. The van der Waals surface area contributed by atoms with E-state index >= 15 is 0 Å². The molecule has 1 fully saturated rings. The molecule has 0 spiro atoms. The Morgan fingerprint density at radius 3 is 2.08 bits per heavy atom. The highest BCUT2D eigenvalue weighted by molar-refractivity contribution is 7.89. The van der Waals surface area contributed by atoms with Gasteiger partial charge in [-0.15, -0.1) is 0 Å². The van der Waals surface area contributed by atoms with Crippen LogP contribution >= 0.6 is 0 Å². The van der Waals surface area contributed by atoms with Crippen molar-refractivity contribution in [3.05, 3.63) is 63.7 Å². The van der Waals surface area contributed by atoms with Crippen LogP contribution in [0.3, 0.4) is 0 Å². The van der Waals surface area contributed by atoms with Crippen LogP contribution in [-0.4, -0.2) is 85.2 Å². The van der Waals surface area contributed by atoms with Gasteiger partial charge in [-0.05, 0) is 5.56 Å². The van der Waals surface area contributed by atoms with E-state index in [1.807, 2.05) is 35.2 Å². The van der Waals surface area contributed by atoms with Crippen LogP contribution in [0.1, 0.15) is 11.1 Å². The van der Waals surface area contributed by atoms with E-state index in [9.17, 15) is 41.9 Å². The molecule has 2 N–H and O–H groups in total. The summed E-state index contributed by atoms with van der Waals surface area (Å²) in [6.45, 7) is -0.988. The van der Waals surface area contributed by atoms with E-state index in [0.717, 1.165) is 14.8 Å². The van der Waals surface area contributed by atoms with Crippen molar-refractivity contribution in [2.75, 3.05) is 57.4 Å². The van der Waals surface area contributed by atoms with E-state index in [4.69, 9.17) is 0 Å². The average molecular weight is 533 g/mol. The molecule has 1 heterocycles. The number of nitro benzene ring substituents is 1. The molecule has 0 aromatic heterocycles. The number of anilines is 1. The zero-order valence-electron chi connectivity index (χ0n) is 19.3. The lowest BCUT2D eigenvalue weighted by Crippen LogP contribution is -2.48. The molecule has 2 aromatic rings. The number of aliphatic hydroxyl groups is 2. The molecular formula is C22H27F3N4O6S. The summed E-state index contributed by atoms with van der Waals surface area (Å²) in [5.74, 6) is 0. The average Bonchev–Trinajstić information content (AvgIpc) is 2.83.